The van der Waals surface area contributed by atoms with E-state index in [0.29, 0.717) is 11.4 Å². The van der Waals surface area contributed by atoms with E-state index in [-0.39, 0.29) is 0 Å². The Morgan fingerprint density at radius 2 is 2.33 bits per heavy atom. The second kappa shape index (κ2) is 5.35. The number of aryl methyl sites for hydroxylation is 2. The highest BCUT2D eigenvalue weighted by molar-refractivity contribution is 7.14. The van der Waals surface area contributed by atoms with E-state index in [9.17, 15) is 4.79 Å². The molecule has 5 heteroatoms. The normalized spacial score (nSPS) is 10.8. The summed E-state index contributed by atoms with van der Waals surface area (Å²) in [7, 11) is 0. The molecule has 0 saturated carbocycles. The molecule has 2 aromatic rings. The van der Waals surface area contributed by atoms with Crippen LogP contribution in [0.3, 0.4) is 0 Å². The second-order valence-electron chi connectivity index (χ2n) is 4.22. The van der Waals surface area contributed by atoms with Gasteiger partial charge >= 0.3 is 5.97 Å². The van der Waals surface area contributed by atoms with Gasteiger partial charge in [-0.1, -0.05) is 6.92 Å². The maximum Gasteiger partial charge on any atom is 0.345 e. The minimum Gasteiger partial charge on any atom is -0.477 e. The number of thiophene rings is 1. The molecule has 0 atom stereocenters. The summed E-state index contributed by atoms with van der Waals surface area (Å²) in [6.07, 6.45) is 5.75. The Morgan fingerprint density at radius 3 is 2.94 bits per heavy atom. The van der Waals surface area contributed by atoms with Crippen molar-refractivity contribution >= 4 is 17.3 Å². The number of carboxylic acids is 1. The Balaban J connectivity index is 2.23. The van der Waals surface area contributed by atoms with Gasteiger partial charge in [0, 0.05) is 30.2 Å². The lowest BCUT2D eigenvalue weighted by Gasteiger charge is -2.06. The van der Waals surface area contributed by atoms with Crippen molar-refractivity contribution in [2.75, 3.05) is 0 Å². The first-order valence-electron chi connectivity index (χ1n) is 5.94. The lowest BCUT2D eigenvalue weighted by atomic mass is 10.2. The van der Waals surface area contributed by atoms with Crippen LogP contribution in [0.5, 0.6) is 0 Å². The summed E-state index contributed by atoms with van der Waals surface area (Å²) < 4.78 is 2.09. The second-order valence-corrected chi connectivity index (χ2v) is 5.47. The molecule has 2 heterocycles. The van der Waals surface area contributed by atoms with Gasteiger partial charge in [0.1, 0.15) is 10.7 Å². The average molecular weight is 264 g/mol. The first kappa shape index (κ1) is 12.8. The fourth-order valence-corrected chi connectivity index (χ4v) is 2.77. The SMILES string of the molecule is CCCc1nccn1Cc1cc(C(=O)O)sc1C. The Morgan fingerprint density at radius 1 is 1.56 bits per heavy atom. The van der Waals surface area contributed by atoms with E-state index < -0.39 is 5.97 Å². The molecule has 18 heavy (non-hydrogen) atoms. The van der Waals surface area contributed by atoms with E-state index in [2.05, 4.69) is 16.5 Å². The standard InChI is InChI=1S/C13H16N2O2S/c1-3-4-12-14-5-6-15(12)8-10-7-11(13(16)17)18-9(10)2/h5-7H,3-4,8H2,1-2H3,(H,16,17). The molecule has 0 unspecified atom stereocenters. The van der Waals surface area contributed by atoms with Crippen LogP contribution in [0.25, 0.3) is 0 Å². The van der Waals surface area contributed by atoms with E-state index in [1.54, 1.807) is 12.3 Å². The van der Waals surface area contributed by atoms with Gasteiger partial charge in [0.05, 0.1) is 0 Å². The first-order chi connectivity index (χ1) is 8.61. The third-order valence-corrected chi connectivity index (χ3v) is 3.93. The van der Waals surface area contributed by atoms with E-state index in [1.165, 1.54) is 11.3 Å². The quantitative estimate of drug-likeness (QED) is 0.903. The fourth-order valence-electron chi connectivity index (χ4n) is 1.90. The van der Waals surface area contributed by atoms with Crippen LogP contribution in [-0.2, 0) is 13.0 Å². The maximum atomic E-state index is 10.9. The first-order valence-corrected chi connectivity index (χ1v) is 6.76. The van der Waals surface area contributed by atoms with Gasteiger partial charge in [-0.15, -0.1) is 11.3 Å². The van der Waals surface area contributed by atoms with E-state index in [4.69, 9.17) is 5.11 Å². The van der Waals surface area contributed by atoms with Crippen LogP contribution in [0.4, 0.5) is 0 Å². The number of nitrogens with zero attached hydrogens (tertiary/aromatic N) is 2. The predicted molar refractivity (Wildman–Crippen MR) is 71.3 cm³/mol. The summed E-state index contributed by atoms with van der Waals surface area (Å²) in [6.45, 7) is 4.78. The van der Waals surface area contributed by atoms with E-state index in [1.807, 2.05) is 13.1 Å². The van der Waals surface area contributed by atoms with Crippen molar-refractivity contribution in [1.29, 1.82) is 0 Å². The monoisotopic (exact) mass is 264 g/mol. The van der Waals surface area contributed by atoms with Gasteiger partial charge in [0.25, 0.3) is 0 Å². The van der Waals surface area contributed by atoms with Crippen molar-refractivity contribution in [3.05, 3.63) is 39.6 Å². The van der Waals surface area contributed by atoms with Gasteiger partial charge < -0.3 is 9.67 Å². The number of hydrogen-bond acceptors (Lipinski definition) is 3. The van der Waals surface area contributed by atoms with Crippen LogP contribution in [0.2, 0.25) is 0 Å². The van der Waals surface area contributed by atoms with Crippen LogP contribution in [0.15, 0.2) is 18.5 Å². The molecular weight excluding hydrogens is 248 g/mol. The minimum atomic E-state index is -0.853. The molecule has 0 radical (unpaired) electrons. The molecule has 0 aliphatic rings. The van der Waals surface area contributed by atoms with Crippen molar-refractivity contribution in [1.82, 2.24) is 9.55 Å². The summed E-state index contributed by atoms with van der Waals surface area (Å²) in [5.41, 5.74) is 1.06. The van der Waals surface area contributed by atoms with Crippen molar-refractivity contribution in [2.45, 2.75) is 33.2 Å². The van der Waals surface area contributed by atoms with Gasteiger partial charge in [0.15, 0.2) is 0 Å². The average Bonchev–Trinajstić information content (AvgIpc) is 2.89. The van der Waals surface area contributed by atoms with Gasteiger partial charge in [-0.2, -0.15) is 0 Å². The number of rotatable bonds is 5. The number of carbonyl (C=O) groups is 1. The molecule has 0 saturated heterocycles. The van der Waals surface area contributed by atoms with Crippen molar-refractivity contribution in [3.63, 3.8) is 0 Å². The lowest BCUT2D eigenvalue weighted by Crippen LogP contribution is -2.04. The molecule has 0 fully saturated rings. The molecule has 0 aromatic carbocycles. The Kier molecular flexibility index (Phi) is 3.81. The minimum absolute atomic E-state index is 0.402. The molecule has 0 amide bonds. The summed E-state index contributed by atoms with van der Waals surface area (Å²) in [5.74, 6) is 0.203. The third-order valence-electron chi connectivity index (χ3n) is 2.85. The molecule has 2 rings (SSSR count). The van der Waals surface area contributed by atoms with E-state index in [0.717, 1.165) is 29.1 Å². The summed E-state index contributed by atoms with van der Waals surface area (Å²) >= 11 is 1.33. The summed E-state index contributed by atoms with van der Waals surface area (Å²) in [4.78, 5) is 16.7. The van der Waals surface area contributed by atoms with Crippen LogP contribution in [0, 0.1) is 6.92 Å². The van der Waals surface area contributed by atoms with Gasteiger partial charge in [-0.3, -0.25) is 0 Å². The Labute approximate surface area is 110 Å². The lowest BCUT2D eigenvalue weighted by molar-refractivity contribution is 0.0702. The molecular formula is C13H16N2O2S. The summed E-state index contributed by atoms with van der Waals surface area (Å²) in [5, 5.41) is 8.98. The molecule has 96 valence electrons. The number of carboxylic acid groups (broad SMARTS) is 1. The van der Waals surface area contributed by atoms with Gasteiger partial charge in [-0.25, -0.2) is 9.78 Å². The van der Waals surface area contributed by atoms with Crippen molar-refractivity contribution in [2.24, 2.45) is 0 Å². The largest absolute Gasteiger partial charge is 0.477 e. The third kappa shape index (κ3) is 2.61. The van der Waals surface area contributed by atoms with E-state index >= 15 is 0 Å². The summed E-state index contributed by atoms with van der Waals surface area (Å²) in [6, 6.07) is 1.76. The number of aromatic carboxylic acids is 1. The molecule has 0 bridgehead atoms. The fraction of sp³-hybridized carbons (Fsp3) is 0.385. The number of imidazole rings is 1. The number of hydrogen-bond donors (Lipinski definition) is 1. The molecule has 4 nitrogen and oxygen atoms in total. The maximum absolute atomic E-state index is 10.9. The zero-order valence-electron chi connectivity index (χ0n) is 10.5. The van der Waals surface area contributed by atoms with Gasteiger partial charge in [-0.05, 0) is 25.0 Å². The molecule has 1 N–H and O–H groups in total. The zero-order chi connectivity index (χ0) is 13.1. The van der Waals surface area contributed by atoms with Crippen molar-refractivity contribution in [3.8, 4) is 0 Å². The highest BCUT2D eigenvalue weighted by Crippen LogP contribution is 2.23. The predicted octanol–water partition coefficient (Wildman–Crippen LogP) is 2.95. The van der Waals surface area contributed by atoms with Gasteiger partial charge in [0.2, 0.25) is 0 Å². The van der Waals surface area contributed by atoms with Crippen LogP contribution in [-0.4, -0.2) is 20.6 Å². The molecule has 2 aromatic heterocycles. The highest BCUT2D eigenvalue weighted by Gasteiger charge is 2.12. The Hall–Kier alpha value is -1.62. The van der Waals surface area contributed by atoms with Crippen LogP contribution >= 0.6 is 11.3 Å². The van der Waals surface area contributed by atoms with Crippen LogP contribution in [0.1, 0.15) is 39.3 Å². The highest BCUT2D eigenvalue weighted by atomic mass is 32.1. The molecule has 0 aliphatic carbocycles. The van der Waals surface area contributed by atoms with Crippen molar-refractivity contribution < 1.29 is 9.90 Å². The molecule has 0 aliphatic heterocycles. The zero-order valence-corrected chi connectivity index (χ0v) is 11.3. The Bertz CT molecular complexity index is 557. The molecule has 0 spiro atoms. The number of aromatic nitrogens is 2. The topological polar surface area (TPSA) is 55.1 Å². The van der Waals surface area contributed by atoms with Crippen LogP contribution < -0.4 is 0 Å². The smallest absolute Gasteiger partial charge is 0.345 e.